The number of para-hydroxylation sites is 1. The molecule has 0 atom stereocenters. The van der Waals surface area contributed by atoms with Gasteiger partial charge in [-0.3, -0.25) is 0 Å². The predicted molar refractivity (Wildman–Crippen MR) is 46.6 cm³/mol. The van der Waals surface area contributed by atoms with Gasteiger partial charge in [0.15, 0.2) is 0 Å². The van der Waals surface area contributed by atoms with Gasteiger partial charge in [0.1, 0.15) is 0 Å². The topological polar surface area (TPSA) is 23.1 Å². The number of hydrogen-bond donors (Lipinski definition) is 0. The molecule has 1 rings (SSSR count). The molecular weight excluding hydrogens is 222 g/mol. The Hall–Kier alpha value is 0.825. The molecule has 0 aromatic heterocycles. The standard InChI is InChI=1S/C8H10O.C2H6.Rb/c1-2-7-5-3-4-6-8(7)9;1-2;/h3-6,9H,2H2,1H3;1-2H3;/q;;+1/p-1. The minimum atomic E-state index is 0. The smallest absolute Gasteiger partial charge is 0.872 e. The molecule has 62 valence electrons. The molecule has 0 bridgehead atoms. The first kappa shape index (κ1) is 15.3. The normalized spacial score (nSPS) is 7.58. The Bertz CT molecular complexity index is 199. The van der Waals surface area contributed by atoms with Crippen molar-refractivity contribution in [3.05, 3.63) is 29.8 Å². The van der Waals surface area contributed by atoms with Crippen molar-refractivity contribution in [1.29, 1.82) is 0 Å². The van der Waals surface area contributed by atoms with Crippen LogP contribution < -0.4 is 63.3 Å². The average Bonchev–Trinajstić information content (AvgIpc) is 2.09. The van der Waals surface area contributed by atoms with E-state index >= 15 is 0 Å². The molecule has 0 unspecified atom stereocenters. The minimum Gasteiger partial charge on any atom is -0.872 e. The first-order chi connectivity index (χ1) is 5.34. The van der Waals surface area contributed by atoms with Crippen LogP contribution in [0.1, 0.15) is 26.3 Å². The van der Waals surface area contributed by atoms with Crippen molar-refractivity contribution in [1.82, 2.24) is 0 Å². The molecule has 0 saturated heterocycles. The SMILES string of the molecule is CC.CCc1ccccc1[O-].[Rb+]. The van der Waals surface area contributed by atoms with Crippen molar-refractivity contribution >= 4 is 0 Å². The molecule has 12 heavy (non-hydrogen) atoms. The van der Waals surface area contributed by atoms with Crippen LogP contribution >= 0.6 is 0 Å². The second kappa shape index (κ2) is 9.91. The van der Waals surface area contributed by atoms with E-state index in [4.69, 9.17) is 0 Å². The van der Waals surface area contributed by atoms with E-state index in [-0.39, 0.29) is 63.9 Å². The van der Waals surface area contributed by atoms with Gasteiger partial charge in [0.2, 0.25) is 0 Å². The zero-order valence-corrected chi connectivity index (χ0v) is 13.3. The van der Waals surface area contributed by atoms with E-state index in [1.54, 1.807) is 12.1 Å². The van der Waals surface area contributed by atoms with Crippen LogP contribution in [0.3, 0.4) is 0 Å². The Kier molecular flexibility index (Phi) is 12.6. The quantitative estimate of drug-likeness (QED) is 0.636. The van der Waals surface area contributed by atoms with Gasteiger partial charge in [-0.05, 0) is 6.42 Å². The van der Waals surface area contributed by atoms with Gasteiger partial charge < -0.3 is 5.11 Å². The van der Waals surface area contributed by atoms with Gasteiger partial charge in [-0.1, -0.05) is 50.6 Å². The predicted octanol–water partition coefficient (Wildman–Crippen LogP) is -0.647. The van der Waals surface area contributed by atoms with Crippen LogP contribution in [0.25, 0.3) is 0 Å². The van der Waals surface area contributed by atoms with E-state index in [0.717, 1.165) is 12.0 Å². The molecular formula is C10H15ORb. The largest absolute Gasteiger partial charge is 1.00 e. The Balaban J connectivity index is 0. The molecule has 0 spiro atoms. The molecule has 0 N–H and O–H groups in total. The number of aryl methyl sites for hydroxylation is 1. The minimum absolute atomic E-state index is 0. The van der Waals surface area contributed by atoms with Gasteiger partial charge in [-0.15, -0.1) is 5.75 Å². The molecule has 0 heterocycles. The molecule has 0 fully saturated rings. The number of benzene rings is 1. The Morgan fingerprint density at radius 2 is 1.67 bits per heavy atom. The zero-order valence-electron chi connectivity index (χ0n) is 8.42. The van der Waals surface area contributed by atoms with Crippen molar-refractivity contribution in [3.8, 4) is 5.75 Å². The van der Waals surface area contributed by atoms with Crippen LogP contribution in [0.4, 0.5) is 0 Å². The summed E-state index contributed by atoms with van der Waals surface area (Å²) in [5.41, 5.74) is 0.900. The Morgan fingerprint density at radius 3 is 2.00 bits per heavy atom. The van der Waals surface area contributed by atoms with Gasteiger partial charge in [0.05, 0.1) is 0 Å². The van der Waals surface area contributed by atoms with E-state index in [1.807, 2.05) is 32.9 Å². The summed E-state index contributed by atoms with van der Waals surface area (Å²) in [4.78, 5) is 0. The fourth-order valence-electron chi connectivity index (χ4n) is 0.796. The van der Waals surface area contributed by atoms with Crippen LogP contribution in [0.5, 0.6) is 5.75 Å². The van der Waals surface area contributed by atoms with Gasteiger partial charge >= 0.3 is 58.2 Å². The van der Waals surface area contributed by atoms with E-state index < -0.39 is 0 Å². The first-order valence-electron chi connectivity index (χ1n) is 4.09. The second-order valence-electron chi connectivity index (χ2n) is 1.96. The fourth-order valence-corrected chi connectivity index (χ4v) is 0.796. The van der Waals surface area contributed by atoms with Crippen molar-refractivity contribution in [2.75, 3.05) is 0 Å². The third kappa shape index (κ3) is 5.47. The monoisotopic (exact) mass is 236 g/mol. The summed E-state index contributed by atoms with van der Waals surface area (Å²) in [6, 6.07) is 7.11. The van der Waals surface area contributed by atoms with Crippen LogP contribution in [0.15, 0.2) is 24.3 Å². The molecule has 2 heteroatoms. The summed E-state index contributed by atoms with van der Waals surface area (Å²) < 4.78 is 0. The zero-order chi connectivity index (χ0) is 8.69. The van der Waals surface area contributed by atoms with Crippen LogP contribution in [0.2, 0.25) is 0 Å². The molecule has 0 aliphatic carbocycles. The summed E-state index contributed by atoms with van der Waals surface area (Å²) in [5.74, 6) is 0.153. The Labute approximate surface area is 124 Å². The Morgan fingerprint density at radius 1 is 1.17 bits per heavy atom. The summed E-state index contributed by atoms with van der Waals surface area (Å²) in [6.07, 6.45) is 0.833. The molecule has 0 aliphatic heterocycles. The third-order valence-corrected chi connectivity index (χ3v) is 1.35. The van der Waals surface area contributed by atoms with E-state index in [1.165, 1.54) is 0 Å². The van der Waals surface area contributed by atoms with Gasteiger partial charge in [0.25, 0.3) is 0 Å². The number of rotatable bonds is 1. The van der Waals surface area contributed by atoms with Crippen molar-refractivity contribution in [2.24, 2.45) is 0 Å². The maximum atomic E-state index is 10.9. The molecule has 0 saturated carbocycles. The number of hydrogen-bond acceptors (Lipinski definition) is 1. The fraction of sp³-hybridized carbons (Fsp3) is 0.400. The molecule has 1 aromatic carbocycles. The van der Waals surface area contributed by atoms with E-state index in [0.29, 0.717) is 0 Å². The average molecular weight is 237 g/mol. The summed E-state index contributed by atoms with van der Waals surface area (Å²) >= 11 is 0. The molecule has 0 amide bonds. The second-order valence-corrected chi connectivity index (χ2v) is 1.96. The molecule has 0 aliphatic rings. The molecule has 0 radical (unpaired) electrons. The third-order valence-electron chi connectivity index (χ3n) is 1.35. The van der Waals surface area contributed by atoms with Crippen molar-refractivity contribution in [2.45, 2.75) is 27.2 Å². The van der Waals surface area contributed by atoms with Crippen molar-refractivity contribution < 1.29 is 63.3 Å². The van der Waals surface area contributed by atoms with Crippen molar-refractivity contribution in [3.63, 3.8) is 0 Å². The maximum absolute atomic E-state index is 10.9. The van der Waals surface area contributed by atoms with E-state index in [2.05, 4.69) is 0 Å². The van der Waals surface area contributed by atoms with Gasteiger partial charge in [-0.25, -0.2) is 0 Å². The van der Waals surface area contributed by atoms with E-state index in [9.17, 15) is 5.11 Å². The first-order valence-corrected chi connectivity index (χ1v) is 4.09. The van der Waals surface area contributed by atoms with Crippen LogP contribution in [-0.2, 0) is 6.42 Å². The molecule has 1 aromatic rings. The summed E-state index contributed by atoms with van der Waals surface area (Å²) in [7, 11) is 0. The van der Waals surface area contributed by atoms with Gasteiger partial charge in [-0.2, -0.15) is 0 Å². The summed E-state index contributed by atoms with van der Waals surface area (Å²) in [5, 5.41) is 10.9. The molecule has 1 nitrogen and oxygen atoms in total. The van der Waals surface area contributed by atoms with Crippen LogP contribution in [0, 0.1) is 0 Å². The summed E-state index contributed by atoms with van der Waals surface area (Å²) in [6.45, 7) is 5.98. The van der Waals surface area contributed by atoms with Gasteiger partial charge in [0, 0.05) is 0 Å². The van der Waals surface area contributed by atoms with Crippen LogP contribution in [-0.4, -0.2) is 0 Å². The maximum Gasteiger partial charge on any atom is 1.00 e.